The molecule has 0 aliphatic carbocycles. The summed E-state index contributed by atoms with van der Waals surface area (Å²) in [5, 5.41) is 12.0. The molecule has 2 heteroatoms. The molecule has 98 valence electrons. The molecule has 0 fully saturated rings. The molecule has 0 aromatic carbocycles. The molecule has 0 amide bonds. The molecule has 0 saturated carbocycles. The summed E-state index contributed by atoms with van der Waals surface area (Å²) in [4.78, 5) is 0. The van der Waals surface area contributed by atoms with Crippen LogP contribution in [-0.2, 0) is 0 Å². The summed E-state index contributed by atoms with van der Waals surface area (Å²) in [6, 6.07) is 0. The lowest BCUT2D eigenvalue weighted by atomic mass is 10.1. The van der Waals surface area contributed by atoms with Gasteiger partial charge >= 0.3 is 0 Å². The summed E-state index contributed by atoms with van der Waals surface area (Å²) in [5.41, 5.74) is 0. The van der Waals surface area contributed by atoms with Gasteiger partial charge in [0.25, 0.3) is 0 Å². The predicted molar refractivity (Wildman–Crippen MR) is 71.5 cm³/mol. The summed E-state index contributed by atoms with van der Waals surface area (Å²) in [5.74, 6) is 0. The summed E-state index contributed by atoms with van der Waals surface area (Å²) in [6.07, 6.45) is 13.3. The first kappa shape index (κ1) is 15.9. The Kier molecular flexibility index (Phi) is 12.9. The summed E-state index contributed by atoms with van der Waals surface area (Å²) in [7, 11) is 0. The molecule has 0 aliphatic rings. The zero-order chi connectivity index (χ0) is 12.1. The van der Waals surface area contributed by atoms with Gasteiger partial charge in [-0.3, -0.25) is 5.32 Å². The number of rotatable bonds is 12. The Morgan fingerprint density at radius 1 is 0.812 bits per heavy atom. The first-order valence-corrected chi connectivity index (χ1v) is 7.18. The van der Waals surface area contributed by atoms with Gasteiger partial charge in [-0.15, -0.1) is 0 Å². The Balaban J connectivity index is 2.88. The normalized spacial score (nSPS) is 12.9. The molecule has 0 saturated heterocycles. The Morgan fingerprint density at radius 3 is 1.69 bits per heavy atom. The van der Waals surface area contributed by atoms with Crippen LogP contribution in [0.3, 0.4) is 0 Å². The Labute approximate surface area is 102 Å². The minimum atomic E-state index is -0.349. The average molecular weight is 229 g/mol. The van der Waals surface area contributed by atoms with E-state index in [1.807, 2.05) is 0 Å². The largest absolute Gasteiger partial charge is 0.379 e. The monoisotopic (exact) mass is 229 g/mol. The van der Waals surface area contributed by atoms with Crippen molar-refractivity contribution in [2.75, 3.05) is 6.54 Å². The highest BCUT2D eigenvalue weighted by atomic mass is 16.3. The maximum atomic E-state index is 8.98. The molecule has 0 bridgehead atoms. The topological polar surface area (TPSA) is 32.3 Å². The lowest BCUT2D eigenvalue weighted by Gasteiger charge is -2.06. The third-order valence-corrected chi connectivity index (χ3v) is 2.97. The number of hydrogen-bond donors (Lipinski definition) is 2. The van der Waals surface area contributed by atoms with Gasteiger partial charge < -0.3 is 5.11 Å². The van der Waals surface area contributed by atoms with Crippen LogP contribution in [0.4, 0.5) is 0 Å². The zero-order valence-corrected chi connectivity index (χ0v) is 11.3. The van der Waals surface area contributed by atoms with Crippen LogP contribution in [0.25, 0.3) is 0 Å². The number of hydrogen-bond acceptors (Lipinski definition) is 2. The molecule has 2 N–H and O–H groups in total. The fraction of sp³-hybridized carbons (Fsp3) is 1.00. The second kappa shape index (κ2) is 13.0. The molecule has 1 unspecified atom stereocenters. The molecule has 0 spiro atoms. The lowest BCUT2D eigenvalue weighted by molar-refractivity contribution is 0.156. The van der Waals surface area contributed by atoms with Gasteiger partial charge in [-0.05, 0) is 19.9 Å². The van der Waals surface area contributed by atoms with E-state index in [-0.39, 0.29) is 6.23 Å². The van der Waals surface area contributed by atoms with Gasteiger partial charge in [-0.2, -0.15) is 0 Å². The summed E-state index contributed by atoms with van der Waals surface area (Å²) in [6.45, 7) is 4.99. The van der Waals surface area contributed by atoms with Crippen molar-refractivity contribution in [1.29, 1.82) is 0 Å². The van der Waals surface area contributed by atoms with Gasteiger partial charge in [-0.1, -0.05) is 64.7 Å². The van der Waals surface area contributed by atoms with E-state index >= 15 is 0 Å². The minimum Gasteiger partial charge on any atom is -0.379 e. The van der Waals surface area contributed by atoms with E-state index < -0.39 is 0 Å². The van der Waals surface area contributed by atoms with Gasteiger partial charge in [-0.25, -0.2) is 0 Å². The van der Waals surface area contributed by atoms with Crippen molar-refractivity contribution in [3.63, 3.8) is 0 Å². The summed E-state index contributed by atoms with van der Waals surface area (Å²) < 4.78 is 0. The SMILES string of the molecule is CCCCCCCCCCCCNC(C)O. The molecule has 0 aromatic heterocycles. The molecule has 2 nitrogen and oxygen atoms in total. The van der Waals surface area contributed by atoms with Gasteiger partial charge in [0.1, 0.15) is 6.23 Å². The van der Waals surface area contributed by atoms with E-state index in [1.54, 1.807) is 6.92 Å². The van der Waals surface area contributed by atoms with Gasteiger partial charge in [0, 0.05) is 0 Å². The zero-order valence-electron chi connectivity index (χ0n) is 11.3. The molecule has 0 aromatic rings. The Hall–Kier alpha value is -0.0800. The molecule has 0 aliphatic heterocycles. The van der Waals surface area contributed by atoms with E-state index in [9.17, 15) is 0 Å². The number of aliphatic hydroxyl groups is 1. The van der Waals surface area contributed by atoms with Crippen LogP contribution in [0, 0.1) is 0 Å². The third-order valence-electron chi connectivity index (χ3n) is 2.97. The summed E-state index contributed by atoms with van der Waals surface area (Å²) >= 11 is 0. The van der Waals surface area contributed by atoms with Gasteiger partial charge in [0.2, 0.25) is 0 Å². The molecule has 0 rings (SSSR count). The van der Waals surface area contributed by atoms with Crippen molar-refractivity contribution in [2.45, 2.75) is 84.3 Å². The van der Waals surface area contributed by atoms with Crippen LogP contribution < -0.4 is 5.32 Å². The van der Waals surface area contributed by atoms with Crippen LogP contribution in [0.15, 0.2) is 0 Å². The highest BCUT2D eigenvalue weighted by Crippen LogP contribution is 2.10. The Bertz CT molecular complexity index is 126. The molecule has 1 atom stereocenters. The number of nitrogens with one attached hydrogen (secondary N) is 1. The van der Waals surface area contributed by atoms with Crippen LogP contribution in [0.5, 0.6) is 0 Å². The maximum Gasteiger partial charge on any atom is 0.102 e. The van der Waals surface area contributed by atoms with Gasteiger partial charge in [0.05, 0.1) is 0 Å². The quantitative estimate of drug-likeness (QED) is 0.394. The first-order chi connectivity index (χ1) is 7.77. The second-order valence-electron chi connectivity index (χ2n) is 4.81. The van der Waals surface area contributed by atoms with Gasteiger partial charge in [0.15, 0.2) is 0 Å². The smallest absolute Gasteiger partial charge is 0.102 e. The highest BCUT2D eigenvalue weighted by molar-refractivity contribution is 4.50. The fourth-order valence-corrected chi connectivity index (χ4v) is 1.92. The van der Waals surface area contributed by atoms with Crippen molar-refractivity contribution < 1.29 is 5.11 Å². The molecule has 0 heterocycles. The predicted octanol–water partition coefficient (Wildman–Crippen LogP) is 3.84. The maximum absolute atomic E-state index is 8.98. The van der Waals surface area contributed by atoms with E-state index in [1.165, 1.54) is 64.2 Å². The lowest BCUT2D eigenvalue weighted by Crippen LogP contribution is -2.26. The average Bonchev–Trinajstić information content (AvgIpc) is 2.25. The van der Waals surface area contributed by atoms with Crippen LogP contribution in [-0.4, -0.2) is 17.9 Å². The van der Waals surface area contributed by atoms with Crippen molar-refractivity contribution in [3.8, 4) is 0 Å². The van der Waals surface area contributed by atoms with E-state index in [0.717, 1.165) is 6.54 Å². The molecule has 0 radical (unpaired) electrons. The van der Waals surface area contributed by atoms with E-state index in [4.69, 9.17) is 5.11 Å². The van der Waals surface area contributed by atoms with Crippen LogP contribution >= 0.6 is 0 Å². The van der Waals surface area contributed by atoms with Crippen molar-refractivity contribution in [2.24, 2.45) is 0 Å². The van der Waals surface area contributed by atoms with Crippen molar-refractivity contribution in [3.05, 3.63) is 0 Å². The minimum absolute atomic E-state index is 0.349. The number of unbranched alkanes of at least 4 members (excludes halogenated alkanes) is 9. The highest BCUT2D eigenvalue weighted by Gasteiger charge is 1.94. The second-order valence-corrected chi connectivity index (χ2v) is 4.81. The first-order valence-electron chi connectivity index (χ1n) is 7.18. The number of aliphatic hydroxyl groups excluding tert-OH is 1. The van der Waals surface area contributed by atoms with Crippen LogP contribution in [0.2, 0.25) is 0 Å². The third kappa shape index (κ3) is 13.9. The molecular formula is C14H31NO. The molecular weight excluding hydrogens is 198 g/mol. The van der Waals surface area contributed by atoms with Crippen molar-refractivity contribution >= 4 is 0 Å². The van der Waals surface area contributed by atoms with E-state index in [0.29, 0.717) is 0 Å². The fourth-order valence-electron chi connectivity index (χ4n) is 1.92. The standard InChI is InChI=1S/C14H31NO/c1-3-4-5-6-7-8-9-10-11-12-13-15-14(2)16/h14-16H,3-13H2,1-2H3. The van der Waals surface area contributed by atoms with E-state index in [2.05, 4.69) is 12.2 Å². The van der Waals surface area contributed by atoms with Crippen molar-refractivity contribution in [1.82, 2.24) is 5.32 Å². The molecule has 16 heavy (non-hydrogen) atoms. The Morgan fingerprint density at radius 2 is 1.25 bits per heavy atom. The van der Waals surface area contributed by atoms with Crippen LogP contribution in [0.1, 0.15) is 78.1 Å².